The molecule has 0 unspecified atom stereocenters. The molecule has 9 heteroatoms. The molecule has 26 heavy (non-hydrogen) atoms. The number of hydrogen-bond donors (Lipinski definition) is 1. The lowest BCUT2D eigenvalue weighted by atomic mass is 10.1. The molecule has 1 aliphatic rings. The van der Waals surface area contributed by atoms with Crippen molar-refractivity contribution in [2.45, 2.75) is 0 Å². The number of carbonyl (C=O) groups is 2. The van der Waals surface area contributed by atoms with E-state index in [0.717, 1.165) is 0 Å². The summed E-state index contributed by atoms with van der Waals surface area (Å²) in [5, 5.41) is 13.5. The van der Waals surface area contributed by atoms with Gasteiger partial charge < -0.3 is 19.5 Å². The standard InChI is InChI=1S/C17H14N2O7/c1-24-15-5-3-11(19(22)23)7-16(15)25-8-13(20)10-2-4-14-12(6-10)18-17(21)9-26-14/h2-7H,8-9H2,1H3,(H,18,21). The normalized spacial score (nSPS) is 12.4. The zero-order chi connectivity index (χ0) is 18.7. The van der Waals surface area contributed by atoms with Gasteiger partial charge in [0.25, 0.3) is 11.6 Å². The van der Waals surface area contributed by atoms with Crippen molar-refractivity contribution in [2.24, 2.45) is 0 Å². The van der Waals surface area contributed by atoms with E-state index < -0.39 is 4.92 Å². The molecule has 0 fully saturated rings. The van der Waals surface area contributed by atoms with E-state index in [-0.39, 0.29) is 42.1 Å². The van der Waals surface area contributed by atoms with Crippen LogP contribution in [0, 0.1) is 10.1 Å². The van der Waals surface area contributed by atoms with E-state index >= 15 is 0 Å². The summed E-state index contributed by atoms with van der Waals surface area (Å²) in [7, 11) is 1.39. The third-order valence-corrected chi connectivity index (χ3v) is 3.65. The smallest absolute Gasteiger partial charge is 0.273 e. The van der Waals surface area contributed by atoms with Gasteiger partial charge in [0.05, 0.1) is 23.8 Å². The van der Waals surface area contributed by atoms with Gasteiger partial charge in [0.15, 0.2) is 30.5 Å². The summed E-state index contributed by atoms with van der Waals surface area (Å²) in [6, 6.07) is 8.47. The SMILES string of the molecule is COc1ccc([N+](=O)[O-])cc1OCC(=O)c1ccc2c(c1)NC(=O)CO2. The zero-order valence-corrected chi connectivity index (χ0v) is 13.7. The van der Waals surface area contributed by atoms with Crippen molar-refractivity contribution < 1.29 is 28.7 Å². The molecule has 3 rings (SSSR count). The Balaban J connectivity index is 1.75. The molecular formula is C17H14N2O7. The van der Waals surface area contributed by atoms with Crippen molar-refractivity contribution in [3.05, 3.63) is 52.1 Å². The highest BCUT2D eigenvalue weighted by molar-refractivity contribution is 6.01. The van der Waals surface area contributed by atoms with E-state index in [1.165, 1.54) is 31.4 Å². The lowest BCUT2D eigenvalue weighted by Gasteiger charge is -2.18. The number of nitro benzene ring substituents is 1. The Morgan fingerprint density at radius 2 is 2.08 bits per heavy atom. The van der Waals surface area contributed by atoms with Crippen LogP contribution in [0.2, 0.25) is 0 Å². The first kappa shape index (κ1) is 17.2. The lowest BCUT2D eigenvalue weighted by Crippen LogP contribution is -2.25. The van der Waals surface area contributed by atoms with Gasteiger partial charge in [-0.15, -0.1) is 0 Å². The quantitative estimate of drug-likeness (QED) is 0.478. The molecule has 2 aromatic rings. The van der Waals surface area contributed by atoms with Gasteiger partial charge in [-0.25, -0.2) is 0 Å². The van der Waals surface area contributed by atoms with E-state index in [4.69, 9.17) is 14.2 Å². The Morgan fingerprint density at radius 3 is 2.81 bits per heavy atom. The van der Waals surface area contributed by atoms with E-state index in [1.54, 1.807) is 12.1 Å². The Labute approximate surface area is 147 Å². The molecule has 0 saturated heterocycles. The predicted molar refractivity (Wildman–Crippen MR) is 90.0 cm³/mol. The van der Waals surface area contributed by atoms with Gasteiger partial charge in [-0.3, -0.25) is 19.7 Å². The second-order valence-electron chi connectivity index (χ2n) is 5.35. The summed E-state index contributed by atoms with van der Waals surface area (Å²) in [5.41, 5.74) is 0.529. The number of nitrogens with one attached hydrogen (secondary N) is 1. The Hall–Kier alpha value is -3.62. The fraction of sp³-hybridized carbons (Fsp3) is 0.176. The minimum absolute atomic E-state index is 0.0734. The van der Waals surface area contributed by atoms with Crippen molar-refractivity contribution in [3.8, 4) is 17.2 Å². The van der Waals surface area contributed by atoms with Crippen LogP contribution in [-0.2, 0) is 4.79 Å². The van der Waals surface area contributed by atoms with Gasteiger partial charge in [0.1, 0.15) is 5.75 Å². The van der Waals surface area contributed by atoms with Crippen LogP contribution in [0.4, 0.5) is 11.4 Å². The zero-order valence-electron chi connectivity index (χ0n) is 13.7. The minimum Gasteiger partial charge on any atom is -0.493 e. The monoisotopic (exact) mass is 358 g/mol. The van der Waals surface area contributed by atoms with Gasteiger partial charge in [0, 0.05) is 11.6 Å². The Kier molecular flexibility index (Phi) is 4.70. The Morgan fingerprint density at radius 1 is 1.27 bits per heavy atom. The molecule has 0 atom stereocenters. The second-order valence-corrected chi connectivity index (χ2v) is 5.35. The van der Waals surface area contributed by atoms with Crippen LogP contribution >= 0.6 is 0 Å². The molecule has 134 valence electrons. The molecule has 9 nitrogen and oxygen atoms in total. The number of nitro groups is 1. The largest absolute Gasteiger partial charge is 0.493 e. The molecule has 2 aromatic carbocycles. The summed E-state index contributed by atoms with van der Waals surface area (Å²) in [4.78, 5) is 34.0. The third kappa shape index (κ3) is 3.56. The number of hydrogen-bond acceptors (Lipinski definition) is 7. The van der Waals surface area contributed by atoms with Crippen LogP contribution < -0.4 is 19.5 Å². The van der Waals surface area contributed by atoms with E-state index in [1.807, 2.05) is 0 Å². The highest BCUT2D eigenvalue weighted by Crippen LogP contribution is 2.32. The number of non-ortho nitro benzene ring substituents is 1. The summed E-state index contributed by atoms with van der Waals surface area (Å²) >= 11 is 0. The highest BCUT2D eigenvalue weighted by Gasteiger charge is 2.19. The molecule has 1 amide bonds. The number of rotatable bonds is 6. The van der Waals surface area contributed by atoms with E-state index in [9.17, 15) is 19.7 Å². The summed E-state index contributed by atoms with van der Waals surface area (Å²) in [6.45, 7) is -0.429. The highest BCUT2D eigenvalue weighted by atomic mass is 16.6. The molecular weight excluding hydrogens is 344 g/mol. The van der Waals surface area contributed by atoms with Crippen molar-refractivity contribution >= 4 is 23.1 Å². The number of fused-ring (bicyclic) bond motifs is 1. The molecule has 0 spiro atoms. The fourth-order valence-electron chi connectivity index (χ4n) is 2.37. The summed E-state index contributed by atoms with van der Waals surface area (Å²) in [5.74, 6) is 0.155. The molecule has 0 radical (unpaired) electrons. The second kappa shape index (κ2) is 7.09. The number of amides is 1. The van der Waals surface area contributed by atoms with Gasteiger partial charge >= 0.3 is 0 Å². The molecule has 1 N–H and O–H groups in total. The van der Waals surface area contributed by atoms with Crippen LogP contribution in [-0.4, -0.2) is 36.9 Å². The maximum absolute atomic E-state index is 12.4. The first-order chi connectivity index (χ1) is 12.5. The maximum Gasteiger partial charge on any atom is 0.273 e. The van der Waals surface area contributed by atoms with Gasteiger partial charge in [-0.1, -0.05) is 0 Å². The molecule has 0 aliphatic carbocycles. The van der Waals surface area contributed by atoms with Crippen LogP contribution in [0.3, 0.4) is 0 Å². The van der Waals surface area contributed by atoms with Crippen LogP contribution in [0.5, 0.6) is 17.2 Å². The number of benzene rings is 2. The molecule has 0 saturated carbocycles. The van der Waals surface area contributed by atoms with Crippen LogP contribution in [0.25, 0.3) is 0 Å². The van der Waals surface area contributed by atoms with Crippen LogP contribution in [0.1, 0.15) is 10.4 Å². The van der Waals surface area contributed by atoms with Crippen molar-refractivity contribution in [2.75, 3.05) is 25.6 Å². The lowest BCUT2D eigenvalue weighted by molar-refractivity contribution is -0.385. The van der Waals surface area contributed by atoms with Crippen LogP contribution in [0.15, 0.2) is 36.4 Å². The van der Waals surface area contributed by atoms with E-state index in [2.05, 4.69) is 5.32 Å². The number of Topliss-reactive ketones (excluding diaryl/α,β-unsaturated/α-hetero) is 1. The maximum atomic E-state index is 12.4. The first-order valence-electron chi connectivity index (χ1n) is 7.53. The predicted octanol–water partition coefficient (Wildman–Crippen LogP) is 2.20. The Bertz CT molecular complexity index is 895. The van der Waals surface area contributed by atoms with Crippen molar-refractivity contribution in [1.82, 2.24) is 0 Å². The molecule has 0 aromatic heterocycles. The number of anilines is 1. The summed E-state index contributed by atoms with van der Waals surface area (Å²) in [6.07, 6.45) is 0. The summed E-state index contributed by atoms with van der Waals surface area (Å²) < 4.78 is 15.7. The first-order valence-corrected chi connectivity index (χ1v) is 7.53. The van der Waals surface area contributed by atoms with Gasteiger partial charge in [-0.2, -0.15) is 0 Å². The number of ether oxygens (including phenoxy) is 3. The fourth-order valence-corrected chi connectivity index (χ4v) is 2.37. The average Bonchev–Trinajstić information content (AvgIpc) is 2.65. The number of methoxy groups -OCH3 is 1. The average molecular weight is 358 g/mol. The van der Waals surface area contributed by atoms with Crippen molar-refractivity contribution in [3.63, 3.8) is 0 Å². The topological polar surface area (TPSA) is 117 Å². The van der Waals surface area contributed by atoms with Gasteiger partial charge in [-0.05, 0) is 24.3 Å². The van der Waals surface area contributed by atoms with Gasteiger partial charge in [0.2, 0.25) is 0 Å². The molecule has 0 bridgehead atoms. The van der Waals surface area contributed by atoms with E-state index in [0.29, 0.717) is 17.0 Å². The molecule has 1 aliphatic heterocycles. The number of carbonyl (C=O) groups excluding carboxylic acids is 2. The molecule has 1 heterocycles. The van der Waals surface area contributed by atoms with Crippen molar-refractivity contribution in [1.29, 1.82) is 0 Å². The minimum atomic E-state index is -0.569. The number of nitrogens with zero attached hydrogens (tertiary/aromatic N) is 1. The number of ketones is 1. The third-order valence-electron chi connectivity index (χ3n) is 3.65.